The molecule has 0 saturated heterocycles. The second-order valence-corrected chi connectivity index (χ2v) is 18.2. The fourth-order valence-corrected chi connectivity index (χ4v) is 12.4. The van der Waals surface area contributed by atoms with Crippen LogP contribution in [0.1, 0.15) is 55.0 Å². The molecule has 3 heterocycles. The molecule has 1 aliphatic heterocycles. The topological polar surface area (TPSA) is 9.86 Å². The fraction of sp³-hybridized carbons (Fsp3) is 0.119. The van der Waals surface area contributed by atoms with Crippen LogP contribution < -0.4 is 0 Å². The van der Waals surface area contributed by atoms with Crippen LogP contribution in [-0.2, 0) is 16.2 Å². The lowest BCUT2D eigenvalue weighted by Gasteiger charge is -2.55. The van der Waals surface area contributed by atoms with Crippen LogP contribution in [0.15, 0.2) is 211 Å². The van der Waals surface area contributed by atoms with Crippen molar-refractivity contribution in [3.63, 3.8) is 0 Å². The zero-order chi connectivity index (χ0) is 40.7. The number of rotatable bonds is 3. The number of aromatic nitrogens is 2. The van der Waals surface area contributed by atoms with Crippen molar-refractivity contribution in [1.29, 1.82) is 0 Å². The fourth-order valence-electron chi connectivity index (χ4n) is 12.4. The summed E-state index contributed by atoms with van der Waals surface area (Å²) < 4.78 is 4.94. The van der Waals surface area contributed by atoms with Crippen molar-refractivity contribution in [3.05, 3.63) is 239 Å². The van der Waals surface area contributed by atoms with Gasteiger partial charge in [-0.15, -0.1) is 0 Å². The van der Waals surface area contributed by atoms with Crippen LogP contribution in [0, 0.1) is 0 Å². The average molecular weight is 781 g/mol. The minimum Gasteiger partial charge on any atom is -0.309 e. The molecule has 2 aliphatic carbocycles. The number of nitrogens with zero attached hydrogens (tertiary/aromatic N) is 2. The summed E-state index contributed by atoms with van der Waals surface area (Å²) in [6.07, 6.45) is 5.92. The molecule has 0 N–H and O–H groups in total. The van der Waals surface area contributed by atoms with Gasteiger partial charge in [-0.3, -0.25) is 0 Å². The molecular formula is C59H44N2. The third-order valence-electron chi connectivity index (χ3n) is 14.9. The SMILES string of the molecule is CC1(C)C2=C(C=CCC2(C)c2ccc(-c3ccc(-n4c5ccccc5c5ccccc54)cc3)cc2)C2(c3ccccc3-n3c4ccccc4c4cccc2c43)c2ccccc21. The smallest absolute Gasteiger partial charge is 0.0745 e. The van der Waals surface area contributed by atoms with Crippen LogP contribution in [0.2, 0.25) is 0 Å². The molecule has 2 aromatic heterocycles. The van der Waals surface area contributed by atoms with E-state index in [1.807, 2.05) is 0 Å². The molecule has 2 atom stereocenters. The highest BCUT2D eigenvalue weighted by molar-refractivity contribution is 6.12. The molecule has 0 radical (unpaired) electrons. The highest BCUT2D eigenvalue weighted by Gasteiger charge is 2.57. The molecule has 1 spiro atoms. The normalized spacial score (nSPS) is 19.8. The summed E-state index contributed by atoms with van der Waals surface area (Å²) in [6.45, 7) is 7.46. The summed E-state index contributed by atoms with van der Waals surface area (Å²) in [5.41, 5.74) is 18.8. The van der Waals surface area contributed by atoms with E-state index in [9.17, 15) is 0 Å². The number of fused-ring (bicyclic) bond motifs is 13. The van der Waals surface area contributed by atoms with E-state index in [4.69, 9.17) is 0 Å². The second-order valence-electron chi connectivity index (χ2n) is 18.2. The summed E-state index contributed by atoms with van der Waals surface area (Å²) in [7, 11) is 0. The van der Waals surface area contributed by atoms with Crippen LogP contribution in [0.25, 0.3) is 66.1 Å². The van der Waals surface area contributed by atoms with Gasteiger partial charge in [0.15, 0.2) is 0 Å². The van der Waals surface area contributed by atoms with Crippen molar-refractivity contribution in [3.8, 4) is 22.5 Å². The largest absolute Gasteiger partial charge is 0.309 e. The lowest BCUT2D eigenvalue weighted by Crippen LogP contribution is -2.49. The molecule has 0 bridgehead atoms. The first-order valence-corrected chi connectivity index (χ1v) is 21.7. The Morgan fingerprint density at radius 1 is 0.426 bits per heavy atom. The third kappa shape index (κ3) is 4.37. The van der Waals surface area contributed by atoms with Gasteiger partial charge in [-0.1, -0.05) is 185 Å². The highest BCUT2D eigenvalue weighted by atomic mass is 15.0. The molecule has 3 aliphatic rings. The average Bonchev–Trinajstić information content (AvgIpc) is 3.83. The predicted molar refractivity (Wildman–Crippen MR) is 254 cm³/mol. The molecule has 2 nitrogen and oxygen atoms in total. The quantitative estimate of drug-likeness (QED) is 0.169. The molecule has 0 amide bonds. The number of benzene rings is 8. The van der Waals surface area contributed by atoms with E-state index in [0.717, 1.165) is 6.42 Å². The third-order valence-corrected chi connectivity index (χ3v) is 14.9. The molecule has 8 aromatic carbocycles. The van der Waals surface area contributed by atoms with Crippen LogP contribution in [0.5, 0.6) is 0 Å². The number of hydrogen-bond acceptors (Lipinski definition) is 0. The summed E-state index contributed by atoms with van der Waals surface area (Å²) >= 11 is 0. The molecule has 0 saturated carbocycles. The Balaban J connectivity index is 0.985. The molecular weight excluding hydrogens is 737 g/mol. The summed E-state index contributed by atoms with van der Waals surface area (Å²) in [6, 6.07) is 70.7. The summed E-state index contributed by atoms with van der Waals surface area (Å²) in [5.74, 6) is 0. The summed E-state index contributed by atoms with van der Waals surface area (Å²) in [5, 5.41) is 5.18. The minimum absolute atomic E-state index is 0.231. The van der Waals surface area contributed by atoms with Crippen LogP contribution in [0.4, 0.5) is 0 Å². The maximum absolute atomic E-state index is 2.54. The number of para-hydroxylation sites is 5. The lowest BCUT2D eigenvalue weighted by molar-refractivity contribution is 0.417. The Kier molecular flexibility index (Phi) is 6.94. The van der Waals surface area contributed by atoms with Gasteiger partial charge < -0.3 is 9.13 Å². The number of hydrogen-bond donors (Lipinski definition) is 0. The standard InChI is InChI=1S/C59H44N2/c1-57(2)46-20-7-8-21-47(46)59(48-22-9-13-28-54(48)61-53-27-12-6-18-44(53)45-19-14-23-49(59)55(45)61)50-24-15-37-58(3,56(50)57)40-33-29-38(30-34-40)39-31-35-41(36-32-39)60-51-25-10-4-16-42(51)43-17-5-11-26-52(43)60/h4-36H,37H2,1-3H3. The van der Waals surface area contributed by atoms with Crippen molar-refractivity contribution >= 4 is 43.6 Å². The number of allylic oxidation sites excluding steroid dienone is 4. The Morgan fingerprint density at radius 2 is 0.934 bits per heavy atom. The van der Waals surface area contributed by atoms with E-state index < -0.39 is 5.41 Å². The molecule has 2 heteroatoms. The Hall–Kier alpha value is -7.16. The van der Waals surface area contributed by atoms with Gasteiger partial charge in [0.05, 0.1) is 33.2 Å². The molecule has 13 rings (SSSR count). The van der Waals surface area contributed by atoms with Crippen molar-refractivity contribution in [2.45, 2.75) is 43.4 Å². The Morgan fingerprint density at radius 3 is 1.61 bits per heavy atom. The van der Waals surface area contributed by atoms with Gasteiger partial charge in [0.2, 0.25) is 0 Å². The zero-order valence-corrected chi connectivity index (χ0v) is 34.7. The van der Waals surface area contributed by atoms with Crippen molar-refractivity contribution in [2.75, 3.05) is 0 Å². The van der Waals surface area contributed by atoms with E-state index >= 15 is 0 Å². The molecule has 2 unspecified atom stereocenters. The van der Waals surface area contributed by atoms with Crippen LogP contribution >= 0.6 is 0 Å². The van der Waals surface area contributed by atoms with Crippen molar-refractivity contribution in [2.24, 2.45) is 0 Å². The monoisotopic (exact) mass is 780 g/mol. The van der Waals surface area contributed by atoms with Gasteiger partial charge in [-0.2, -0.15) is 0 Å². The van der Waals surface area contributed by atoms with Gasteiger partial charge >= 0.3 is 0 Å². The van der Waals surface area contributed by atoms with Gasteiger partial charge in [0.25, 0.3) is 0 Å². The van der Waals surface area contributed by atoms with E-state index in [-0.39, 0.29) is 10.8 Å². The maximum Gasteiger partial charge on any atom is 0.0745 e. The first-order valence-electron chi connectivity index (χ1n) is 21.7. The van der Waals surface area contributed by atoms with E-state index in [1.165, 1.54) is 105 Å². The first kappa shape index (κ1) is 34.7. The van der Waals surface area contributed by atoms with Crippen LogP contribution in [0.3, 0.4) is 0 Å². The van der Waals surface area contributed by atoms with Crippen LogP contribution in [-0.4, -0.2) is 9.13 Å². The van der Waals surface area contributed by atoms with Crippen molar-refractivity contribution in [1.82, 2.24) is 9.13 Å². The predicted octanol–water partition coefficient (Wildman–Crippen LogP) is 14.7. The second kappa shape index (κ2) is 12.2. The maximum atomic E-state index is 2.54. The molecule has 290 valence electrons. The van der Waals surface area contributed by atoms with Gasteiger partial charge in [-0.25, -0.2) is 0 Å². The molecule has 10 aromatic rings. The van der Waals surface area contributed by atoms with E-state index in [0.29, 0.717) is 0 Å². The Bertz CT molecular complexity index is 3480. The van der Waals surface area contributed by atoms with Gasteiger partial charge in [0, 0.05) is 38.1 Å². The highest BCUT2D eigenvalue weighted by Crippen LogP contribution is 2.64. The minimum atomic E-state index is -0.502. The lowest BCUT2D eigenvalue weighted by atomic mass is 9.47. The molecule has 61 heavy (non-hydrogen) atoms. The Labute approximate surface area is 356 Å². The van der Waals surface area contributed by atoms with Gasteiger partial charge in [-0.05, 0) is 92.9 Å². The van der Waals surface area contributed by atoms with E-state index in [1.54, 1.807) is 0 Å². The first-order chi connectivity index (χ1) is 29.9. The molecule has 0 fully saturated rings. The van der Waals surface area contributed by atoms with Gasteiger partial charge in [0.1, 0.15) is 0 Å². The van der Waals surface area contributed by atoms with Crippen molar-refractivity contribution < 1.29 is 0 Å². The summed E-state index contributed by atoms with van der Waals surface area (Å²) in [4.78, 5) is 0. The van der Waals surface area contributed by atoms with E-state index in [2.05, 4.69) is 230 Å². The zero-order valence-electron chi connectivity index (χ0n) is 34.7.